The molecule has 0 saturated carbocycles. The second-order valence-electron chi connectivity index (χ2n) is 5.77. The fraction of sp³-hybridized carbons (Fsp3) is 0. The molecule has 0 bridgehead atoms. The lowest BCUT2D eigenvalue weighted by atomic mass is 10.1. The third-order valence-corrected chi connectivity index (χ3v) is 3.92. The van der Waals surface area contributed by atoms with Gasteiger partial charge in [0, 0.05) is 11.1 Å². The van der Waals surface area contributed by atoms with Gasteiger partial charge in [0.05, 0.1) is 5.69 Å². The molecular weight excluding hydrogens is 324 g/mol. The number of benzene rings is 3. The minimum atomic E-state index is -0.264. The molecule has 0 fully saturated rings. The Balaban J connectivity index is 1.85. The highest BCUT2D eigenvalue weighted by atomic mass is 16.3. The van der Waals surface area contributed by atoms with E-state index in [0.717, 1.165) is 16.8 Å². The zero-order valence-electron chi connectivity index (χ0n) is 13.9. The van der Waals surface area contributed by atoms with Crippen molar-refractivity contribution in [1.29, 1.82) is 0 Å². The van der Waals surface area contributed by atoms with E-state index < -0.39 is 0 Å². The summed E-state index contributed by atoms with van der Waals surface area (Å²) in [4.78, 5) is 17.4. The summed E-state index contributed by atoms with van der Waals surface area (Å²) >= 11 is 0. The molecule has 0 saturated heterocycles. The highest BCUT2D eigenvalue weighted by Crippen LogP contribution is 2.16. The number of hydrogen-bond donors (Lipinski definition) is 1. The van der Waals surface area contributed by atoms with Crippen LogP contribution in [-0.4, -0.2) is 5.91 Å². The summed E-state index contributed by atoms with van der Waals surface area (Å²) in [5, 5.41) is 3.74. The van der Waals surface area contributed by atoms with Gasteiger partial charge in [-0.1, -0.05) is 54.6 Å². The highest BCUT2D eigenvalue weighted by Gasteiger charge is 2.13. The van der Waals surface area contributed by atoms with Gasteiger partial charge in [-0.05, 0) is 36.4 Å². The summed E-state index contributed by atoms with van der Waals surface area (Å²) in [5.74, 6) is -0.264. The molecule has 1 heterocycles. The molecule has 0 spiro atoms. The highest BCUT2D eigenvalue weighted by molar-refractivity contribution is 6.05. The normalized spacial score (nSPS) is 11.5. The Labute approximate surface area is 150 Å². The van der Waals surface area contributed by atoms with E-state index in [1.54, 1.807) is 6.07 Å². The van der Waals surface area contributed by atoms with E-state index in [-0.39, 0.29) is 11.5 Å². The van der Waals surface area contributed by atoms with Crippen molar-refractivity contribution in [3.05, 3.63) is 102 Å². The Bertz CT molecular complexity index is 1120. The first-order valence-corrected chi connectivity index (χ1v) is 8.29. The average Bonchev–Trinajstić information content (AvgIpc) is 2.69. The predicted octanol–water partition coefficient (Wildman–Crippen LogP) is 4.92. The van der Waals surface area contributed by atoms with Gasteiger partial charge in [-0.3, -0.25) is 4.79 Å². The number of hydrogen-bond acceptors (Lipinski definition) is 3. The number of carbonyl (C=O) groups excluding carboxylic acids is 1. The zero-order valence-corrected chi connectivity index (χ0v) is 13.9. The van der Waals surface area contributed by atoms with Gasteiger partial charge in [0.25, 0.3) is 5.91 Å². The largest absolute Gasteiger partial charge is 0.438 e. The molecule has 0 atom stereocenters. The lowest BCUT2D eigenvalue weighted by Crippen LogP contribution is -2.21. The van der Waals surface area contributed by atoms with Crippen molar-refractivity contribution in [3.8, 4) is 0 Å². The monoisotopic (exact) mass is 340 g/mol. The maximum absolute atomic E-state index is 12.8. The maximum atomic E-state index is 12.8. The van der Waals surface area contributed by atoms with Gasteiger partial charge < -0.3 is 9.73 Å². The SMILES string of the molecule is O=C(Nc1ccccc1)c1cc2ccccc2oc1=Nc1ccccc1. The average molecular weight is 340 g/mol. The van der Waals surface area contributed by atoms with E-state index >= 15 is 0 Å². The topological polar surface area (TPSA) is 54.6 Å². The molecule has 0 aliphatic heterocycles. The van der Waals surface area contributed by atoms with Crippen molar-refractivity contribution in [1.82, 2.24) is 0 Å². The Morgan fingerprint density at radius 3 is 2.23 bits per heavy atom. The predicted molar refractivity (Wildman–Crippen MR) is 102 cm³/mol. The van der Waals surface area contributed by atoms with Gasteiger partial charge >= 0.3 is 0 Å². The first-order valence-electron chi connectivity index (χ1n) is 8.29. The number of nitrogens with one attached hydrogen (secondary N) is 1. The number of para-hydroxylation sites is 3. The molecule has 4 heteroatoms. The van der Waals surface area contributed by atoms with Crippen LogP contribution in [0.25, 0.3) is 11.0 Å². The Morgan fingerprint density at radius 1 is 0.808 bits per heavy atom. The van der Waals surface area contributed by atoms with Crippen LogP contribution >= 0.6 is 0 Å². The Hall–Kier alpha value is -3.66. The lowest BCUT2D eigenvalue weighted by Gasteiger charge is -2.07. The van der Waals surface area contributed by atoms with Crippen LogP contribution in [0, 0.1) is 0 Å². The van der Waals surface area contributed by atoms with Crippen LogP contribution in [0.15, 0.2) is 100 Å². The van der Waals surface area contributed by atoms with E-state index in [1.807, 2.05) is 84.9 Å². The van der Waals surface area contributed by atoms with Crippen LogP contribution in [-0.2, 0) is 0 Å². The van der Waals surface area contributed by atoms with Crippen LogP contribution in [0.2, 0.25) is 0 Å². The minimum Gasteiger partial charge on any atom is -0.438 e. The molecule has 0 aliphatic rings. The second kappa shape index (κ2) is 7.07. The van der Waals surface area contributed by atoms with E-state index in [4.69, 9.17) is 4.42 Å². The third kappa shape index (κ3) is 3.39. The van der Waals surface area contributed by atoms with Crippen LogP contribution < -0.4 is 10.9 Å². The Kier molecular flexibility index (Phi) is 4.31. The molecule has 0 unspecified atom stereocenters. The van der Waals surface area contributed by atoms with Crippen LogP contribution in [0.4, 0.5) is 11.4 Å². The number of fused-ring (bicyclic) bond motifs is 1. The lowest BCUT2D eigenvalue weighted by molar-refractivity contribution is 0.102. The quantitative estimate of drug-likeness (QED) is 0.576. The first-order chi connectivity index (χ1) is 12.8. The first kappa shape index (κ1) is 15.8. The van der Waals surface area contributed by atoms with Crippen LogP contribution in [0.1, 0.15) is 10.4 Å². The summed E-state index contributed by atoms with van der Waals surface area (Å²) in [7, 11) is 0. The molecular formula is C22H16N2O2. The number of amides is 1. The fourth-order valence-electron chi connectivity index (χ4n) is 2.65. The minimum absolute atomic E-state index is 0.264. The molecule has 4 nitrogen and oxygen atoms in total. The Morgan fingerprint density at radius 2 is 1.46 bits per heavy atom. The zero-order chi connectivity index (χ0) is 17.8. The maximum Gasteiger partial charge on any atom is 0.261 e. The summed E-state index contributed by atoms with van der Waals surface area (Å²) < 4.78 is 5.93. The van der Waals surface area contributed by atoms with Gasteiger partial charge in [-0.25, -0.2) is 4.99 Å². The van der Waals surface area contributed by atoms with Gasteiger partial charge in [0.15, 0.2) is 0 Å². The molecule has 4 rings (SSSR count). The van der Waals surface area contributed by atoms with Gasteiger partial charge in [-0.15, -0.1) is 0 Å². The molecule has 4 aromatic rings. The number of rotatable bonds is 3. The van der Waals surface area contributed by atoms with Gasteiger partial charge in [0.1, 0.15) is 11.1 Å². The van der Waals surface area contributed by atoms with E-state index in [2.05, 4.69) is 10.3 Å². The molecule has 1 N–H and O–H groups in total. The number of carbonyl (C=O) groups is 1. The fourth-order valence-corrected chi connectivity index (χ4v) is 2.65. The molecule has 126 valence electrons. The van der Waals surface area contributed by atoms with E-state index in [9.17, 15) is 4.79 Å². The van der Waals surface area contributed by atoms with Crippen LogP contribution in [0.5, 0.6) is 0 Å². The number of anilines is 1. The van der Waals surface area contributed by atoms with E-state index in [1.165, 1.54) is 0 Å². The summed E-state index contributed by atoms with van der Waals surface area (Å²) in [5.41, 5.74) is 2.79. The molecule has 0 radical (unpaired) electrons. The standard InChI is InChI=1S/C22H16N2O2/c25-21(23-17-10-3-1-4-11-17)19-15-16-9-7-8-14-20(16)26-22(19)24-18-12-5-2-6-13-18/h1-15H,(H,23,25). The summed E-state index contributed by atoms with van der Waals surface area (Å²) in [6, 6.07) is 28.1. The smallest absolute Gasteiger partial charge is 0.261 e. The van der Waals surface area contributed by atoms with Crippen molar-refractivity contribution in [2.75, 3.05) is 5.32 Å². The van der Waals surface area contributed by atoms with Crippen molar-refractivity contribution in [2.45, 2.75) is 0 Å². The number of nitrogens with zero attached hydrogens (tertiary/aromatic N) is 1. The van der Waals surface area contributed by atoms with Gasteiger partial charge in [0.2, 0.25) is 5.55 Å². The molecule has 26 heavy (non-hydrogen) atoms. The summed E-state index contributed by atoms with van der Waals surface area (Å²) in [6.45, 7) is 0. The van der Waals surface area contributed by atoms with Crippen molar-refractivity contribution in [2.24, 2.45) is 4.99 Å². The molecule has 0 aliphatic carbocycles. The van der Waals surface area contributed by atoms with Crippen LogP contribution in [0.3, 0.4) is 0 Å². The summed E-state index contributed by atoms with van der Waals surface area (Å²) in [6.07, 6.45) is 0. The second-order valence-corrected chi connectivity index (χ2v) is 5.77. The van der Waals surface area contributed by atoms with E-state index in [0.29, 0.717) is 11.1 Å². The molecule has 1 aromatic heterocycles. The van der Waals surface area contributed by atoms with Crippen molar-refractivity contribution >= 4 is 28.3 Å². The van der Waals surface area contributed by atoms with Crippen molar-refractivity contribution < 1.29 is 9.21 Å². The van der Waals surface area contributed by atoms with Crippen molar-refractivity contribution in [3.63, 3.8) is 0 Å². The third-order valence-electron chi connectivity index (χ3n) is 3.92. The van der Waals surface area contributed by atoms with Gasteiger partial charge in [-0.2, -0.15) is 0 Å². The molecule has 1 amide bonds. The molecule has 3 aromatic carbocycles.